The number of hydrogen-bond donors (Lipinski definition) is 1. The van der Waals surface area contributed by atoms with Gasteiger partial charge in [-0.25, -0.2) is 8.42 Å². The lowest BCUT2D eigenvalue weighted by molar-refractivity contribution is -0.116. The first kappa shape index (κ1) is 23.9. The van der Waals surface area contributed by atoms with E-state index in [9.17, 15) is 13.2 Å². The molecule has 178 valence electrons. The van der Waals surface area contributed by atoms with Crippen molar-refractivity contribution in [3.63, 3.8) is 0 Å². The molecule has 0 aliphatic carbocycles. The third-order valence-corrected chi connectivity index (χ3v) is 7.77. The lowest BCUT2D eigenvalue weighted by Gasteiger charge is -2.29. The first-order valence-corrected chi connectivity index (χ1v) is 12.8. The molecule has 1 N–H and O–H groups in total. The van der Waals surface area contributed by atoms with Gasteiger partial charge in [0.25, 0.3) is 0 Å². The van der Waals surface area contributed by atoms with Gasteiger partial charge in [0, 0.05) is 36.6 Å². The summed E-state index contributed by atoms with van der Waals surface area (Å²) in [5.74, 6) is -0.387. The van der Waals surface area contributed by atoms with E-state index < -0.39 is 10.0 Å². The molecule has 0 unspecified atom stereocenters. The molecule has 3 aromatic carbocycles. The number of likely N-dealkylation sites (N-methyl/N-ethyl adjacent to an activating group) is 1. The lowest BCUT2D eigenvalue weighted by atomic mass is 10.1. The summed E-state index contributed by atoms with van der Waals surface area (Å²) in [6, 6.07) is 23.8. The molecule has 0 bridgehead atoms. The molecule has 4 rings (SSSR count). The average molecular weight is 480 g/mol. The Balaban J connectivity index is 1.47. The Hall–Kier alpha value is -3.20. The highest BCUT2D eigenvalue weighted by Gasteiger charge is 2.28. The molecule has 0 spiro atoms. The molecule has 1 heterocycles. The minimum absolute atomic E-state index is 0.175. The van der Waals surface area contributed by atoms with Crippen molar-refractivity contribution >= 4 is 27.3 Å². The molecule has 1 amide bonds. The van der Waals surface area contributed by atoms with Crippen LogP contribution in [0.1, 0.15) is 6.92 Å². The Morgan fingerprint density at radius 3 is 2.26 bits per heavy atom. The molecule has 0 saturated carbocycles. The fourth-order valence-corrected chi connectivity index (χ4v) is 5.61. The second-order valence-electron chi connectivity index (χ2n) is 7.99. The number of hydrogen-bond acceptors (Lipinski definition) is 5. The van der Waals surface area contributed by atoms with E-state index in [1.54, 1.807) is 25.1 Å². The molecule has 7 nitrogen and oxygen atoms in total. The maximum absolute atomic E-state index is 13.5. The summed E-state index contributed by atoms with van der Waals surface area (Å²) in [7, 11) is -3.88. The largest absolute Gasteiger partial charge is 0.378 e. The molecule has 0 aromatic heterocycles. The average Bonchev–Trinajstić information content (AvgIpc) is 2.88. The van der Waals surface area contributed by atoms with Gasteiger partial charge in [-0.3, -0.25) is 4.79 Å². The number of anilines is 2. The monoisotopic (exact) mass is 479 g/mol. The van der Waals surface area contributed by atoms with Crippen molar-refractivity contribution in [1.82, 2.24) is 4.31 Å². The van der Waals surface area contributed by atoms with Crippen LogP contribution in [0.25, 0.3) is 11.1 Å². The molecular weight excluding hydrogens is 450 g/mol. The van der Waals surface area contributed by atoms with Crippen molar-refractivity contribution < 1.29 is 17.9 Å². The van der Waals surface area contributed by atoms with Gasteiger partial charge in [-0.05, 0) is 35.9 Å². The number of ether oxygens (including phenoxy) is 1. The zero-order valence-electron chi connectivity index (χ0n) is 19.2. The van der Waals surface area contributed by atoms with Gasteiger partial charge >= 0.3 is 0 Å². The van der Waals surface area contributed by atoms with Crippen molar-refractivity contribution in [3.8, 4) is 11.1 Å². The summed E-state index contributed by atoms with van der Waals surface area (Å²) in [4.78, 5) is 15.2. The molecule has 1 aliphatic rings. The van der Waals surface area contributed by atoms with E-state index in [2.05, 4.69) is 10.2 Å². The van der Waals surface area contributed by atoms with Crippen LogP contribution < -0.4 is 10.2 Å². The zero-order valence-corrected chi connectivity index (χ0v) is 20.0. The van der Waals surface area contributed by atoms with E-state index in [0.29, 0.717) is 24.5 Å². The van der Waals surface area contributed by atoms with Crippen LogP contribution in [0, 0.1) is 0 Å². The number of carbonyl (C=O) groups is 1. The number of rotatable bonds is 8. The highest BCUT2D eigenvalue weighted by atomic mass is 32.2. The van der Waals surface area contributed by atoms with Crippen LogP contribution in [0.3, 0.4) is 0 Å². The molecule has 34 heavy (non-hydrogen) atoms. The first-order valence-electron chi connectivity index (χ1n) is 11.4. The summed E-state index contributed by atoms with van der Waals surface area (Å²) in [6.07, 6.45) is 0. The summed E-state index contributed by atoms with van der Waals surface area (Å²) in [5.41, 5.74) is 3.11. The Kier molecular flexibility index (Phi) is 7.62. The van der Waals surface area contributed by atoms with Crippen LogP contribution >= 0.6 is 0 Å². The van der Waals surface area contributed by atoms with Gasteiger partial charge in [-0.2, -0.15) is 4.31 Å². The third-order valence-electron chi connectivity index (χ3n) is 5.79. The van der Waals surface area contributed by atoms with Gasteiger partial charge < -0.3 is 15.0 Å². The number of nitrogens with zero attached hydrogens (tertiary/aromatic N) is 2. The van der Waals surface area contributed by atoms with Crippen LogP contribution in [0.2, 0.25) is 0 Å². The van der Waals surface area contributed by atoms with Gasteiger partial charge in [0.15, 0.2) is 0 Å². The maximum Gasteiger partial charge on any atom is 0.244 e. The van der Waals surface area contributed by atoms with Crippen LogP contribution in [0.4, 0.5) is 11.4 Å². The number of morpholine rings is 1. The summed E-state index contributed by atoms with van der Waals surface area (Å²) >= 11 is 0. The van der Waals surface area contributed by atoms with Crippen molar-refractivity contribution in [3.05, 3.63) is 78.9 Å². The summed E-state index contributed by atoms with van der Waals surface area (Å²) in [6.45, 7) is 4.70. The van der Waals surface area contributed by atoms with Crippen LogP contribution in [-0.4, -0.2) is 58.0 Å². The van der Waals surface area contributed by atoms with Gasteiger partial charge in [0.2, 0.25) is 15.9 Å². The SMILES string of the molecule is CCN(CC(=O)Nc1ccc(N2CCOCC2)cc1)S(=O)(=O)c1ccccc1-c1ccccc1. The molecule has 1 aliphatic heterocycles. The number of carbonyl (C=O) groups excluding carboxylic acids is 1. The van der Waals surface area contributed by atoms with Crippen LogP contribution in [0.15, 0.2) is 83.8 Å². The molecule has 8 heteroatoms. The Morgan fingerprint density at radius 1 is 0.941 bits per heavy atom. The fourth-order valence-electron chi connectivity index (χ4n) is 3.99. The number of amides is 1. The van der Waals surface area contributed by atoms with Gasteiger partial charge in [-0.15, -0.1) is 0 Å². The highest BCUT2D eigenvalue weighted by Crippen LogP contribution is 2.29. The number of nitrogens with one attached hydrogen (secondary N) is 1. The van der Waals surface area contributed by atoms with Crippen molar-refractivity contribution in [1.29, 1.82) is 0 Å². The standard InChI is InChI=1S/C26H29N3O4S/c1-2-29(34(31,32)25-11-7-6-10-24(25)21-8-4-3-5-9-21)20-26(30)27-22-12-14-23(15-13-22)28-16-18-33-19-17-28/h3-15H,2,16-20H2,1H3,(H,27,30). The predicted molar refractivity (Wildman–Crippen MR) is 134 cm³/mol. The molecule has 0 atom stereocenters. The van der Waals surface area contributed by atoms with Crippen LogP contribution in [-0.2, 0) is 19.6 Å². The summed E-state index contributed by atoms with van der Waals surface area (Å²) in [5, 5.41) is 2.82. The number of benzene rings is 3. The van der Waals surface area contributed by atoms with Gasteiger partial charge in [0.05, 0.1) is 24.7 Å². The first-order chi connectivity index (χ1) is 16.5. The van der Waals surface area contributed by atoms with Crippen LogP contribution in [0.5, 0.6) is 0 Å². The second kappa shape index (κ2) is 10.8. The van der Waals surface area contributed by atoms with Gasteiger partial charge in [-0.1, -0.05) is 55.5 Å². The Bertz CT molecular complexity index is 1210. The second-order valence-corrected chi connectivity index (χ2v) is 9.89. The minimum Gasteiger partial charge on any atom is -0.378 e. The van der Waals surface area contributed by atoms with E-state index in [1.807, 2.05) is 60.7 Å². The van der Waals surface area contributed by atoms with E-state index in [4.69, 9.17) is 4.74 Å². The molecular formula is C26H29N3O4S. The summed E-state index contributed by atoms with van der Waals surface area (Å²) < 4.78 is 33.6. The van der Waals surface area contributed by atoms with Crippen molar-refractivity contribution in [2.75, 3.05) is 49.6 Å². The van der Waals surface area contributed by atoms with E-state index in [1.165, 1.54) is 4.31 Å². The molecule has 1 fully saturated rings. The predicted octanol–water partition coefficient (Wildman–Crippen LogP) is 3.84. The normalized spacial score (nSPS) is 14.2. The van der Waals surface area contributed by atoms with E-state index in [0.717, 1.165) is 24.3 Å². The smallest absolute Gasteiger partial charge is 0.244 e. The fraction of sp³-hybridized carbons (Fsp3) is 0.269. The van der Waals surface area contributed by atoms with Crippen molar-refractivity contribution in [2.45, 2.75) is 11.8 Å². The molecule has 3 aromatic rings. The maximum atomic E-state index is 13.5. The van der Waals surface area contributed by atoms with Gasteiger partial charge in [0.1, 0.15) is 0 Å². The molecule has 0 radical (unpaired) electrons. The third kappa shape index (κ3) is 5.47. The van der Waals surface area contributed by atoms with Crippen molar-refractivity contribution in [2.24, 2.45) is 0 Å². The highest BCUT2D eigenvalue weighted by molar-refractivity contribution is 7.89. The quantitative estimate of drug-likeness (QED) is 0.531. The zero-order chi connectivity index (χ0) is 24.0. The topological polar surface area (TPSA) is 79.0 Å². The lowest BCUT2D eigenvalue weighted by Crippen LogP contribution is -2.38. The minimum atomic E-state index is -3.88. The Labute approximate surface area is 201 Å². The molecule has 1 saturated heterocycles. The van der Waals surface area contributed by atoms with E-state index in [-0.39, 0.29) is 23.9 Å². The Morgan fingerprint density at radius 2 is 1.59 bits per heavy atom. The number of sulfonamides is 1. The van der Waals surface area contributed by atoms with E-state index >= 15 is 0 Å².